The molecule has 0 saturated carbocycles. The molecule has 1 atom stereocenters. The zero-order valence-electron chi connectivity index (χ0n) is 9.41. The van der Waals surface area contributed by atoms with Gasteiger partial charge in [-0.2, -0.15) is 10.2 Å². The van der Waals surface area contributed by atoms with E-state index in [4.69, 9.17) is 0 Å². The molecule has 0 aromatic carbocycles. The first-order chi connectivity index (χ1) is 7.70. The molecule has 0 aliphatic rings. The molecule has 6 heteroatoms. The van der Waals surface area contributed by atoms with Crippen LogP contribution in [0.2, 0.25) is 0 Å². The van der Waals surface area contributed by atoms with Gasteiger partial charge in [-0.15, -0.1) is 0 Å². The molecule has 0 radical (unpaired) electrons. The van der Waals surface area contributed by atoms with E-state index in [1.54, 1.807) is 21.8 Å². The lowest BCUT2D eigenvalue weighted by Gasteiger charge is -2.08. The van der Waals surface area contributed by atoms with E-state index in [0.717, 1.165) is 17.9 Å². The Morgan fingerprint density at radius 1 is 1.44 bits per heavy atom. The summed E-state index contributed by atoms with van der Waals surface area (Å²) in [6.07, 6.45) is 4.85. The van der Waals surface area contributed by atoms with E-state index >= 15 is 0 Å². The molecule has 16 heavy (non-hydrogen) atoms. The molecule has 2 aromatic heterocycles. The molecule has 0 aliphatic carbocycles. The van der Waals surface area contributed by atoms with Crippen LogP contribution < -0.4 is 0 Å². The number of hydrogen-bond donors (Lipinski definition) is 1. The van der Waals surface area contributed by atoms with Crippen LogP contribution in [0.4, 0.5) is 0 Å². The van der Waals surface area contributed by atoms with Crippen LogP contribution in [-0.4, -0.2) is 29.7 Å². The average Bonchev–Trinajstić information content (AvgIpc) is 2.86. The summed E-state index contributed by atoms with van der Waals surface area (Å²) in [6.45, 7) is 2.75. The Morgan fingerprint density at radius 2 is 2.25 bits per heavy atom. The Hall–Kier alpha value is -1.69. The van der Waals surface area contributed by atoms with Gasteiger partial charge in [-0.1, -0.05) is 0 Å². The molecule has 2 aromatic rings. The summed E-state index contributed by atoms with van der Waals surface area (Å²) in [7, 11) is 1.82. The third-order valence-electron chi connectivity index (χ3n) is 2.48. The summed E-state index contributed by atoms with van der Waals surface area (Å²) in [5, 5.41) is 18.1. The molecule has 6 nitrogen and oxygen atoms in total. The maximum atomic E-state index is 9.99. The van der Waals surface area contributed by atoms with Crippen molar-refractivity contribution >= 4 is 0 Å². The normalized spacial score (nSPS) is 12.9. The van der Waals surface area contributed by atoms with Crippen LogP contribution in [0.3, 0.4) is 0 Å². The highest BCUT2D eigenvalue weighted by molar-refractivity contribution is 5.09. The standard InChI is InChI=1S/C10H15N5O/c1-3-15-10(11-7-13-15)4-9(16)8-5-12-14(2)6-8/h5-7,9,16H,3-4H2,1-2H3. The zero-order chi connectivity index (χ0) is 11.5. The van der Waals surface area contributed by atoms with E-state index in [1.165, 1.54) is 6.33 Å². The minimum Gasteiger partial charge on any atom is -0.388 e. The number of aromatic nitrogens is 5. The van der Waals surface area contributed by atoms with Crippen molar-refractivity contribution in [3.63, 3.8) is 0 Å². The van der Waals surface area contributed by atoms with Crippen molar-refractivity contribution in [3.05, 3.63) is 30.1 Å². The molecule has 2 rings (SSSR count). The van der Waals surface area contributed by atoms with Crippen molar-refractivity contribution in [1.29, 1.82) is 0 Å². The van der Waals surface area contributed by atoms with Gasteiger partial charge in [0.05, 0.1) is 12.3 Å². The molecular formula is C10H15N5O. The predicted octanol–water partition coefficient (Wildman–Crippen LogP) is 0.308. The van der Waals surface area contributed by atoms with E-state index in [9.17, 15) is 5.11 Å². The van der Waals surface area contributed by atoms with Crippen molar-refractivity contribution in [2.75, 3.05) is 0 Å². The number of aliphatic hydroxyl groups excluding tert-OH is 1. The lowest BCUT2D eigenvalue weighted by Crippen LogP contribution is -2.09. The van der Waals surface area contributed by atoms with E-state index in [1.807, 2.05) is 14.0 Å². The molecule has 0 saturated heterocycles. The Bertz CT molecular complexity index is 461. The van der Waals surface area contributed by atoms with Crippen LogP contribution in [0, 0.1) is 0 Å². The molecule has 86 valence electrons. The molecule has 0 aliphatic heterocycles. The minimum absolute atomic E-state index is 0.458. The smallest absolute Gasteiger partial charge is 0.138 e. The summed E-state index contributed by atoms with van der Waals surface area (Å²) in [5.41, 5.74) is 0.799. The fourth-order valence-corrected chi connectivity index (χ4v) is 1.61. The molecular weight excluding hydrogens is 206 g/mol. The molecule has 0 spiro atoms. The van der Waals surface area contributed by atoms with Crippen LogP contribution in [0.15, 0.2) is 18.7 Å². The summed E-state index contributed by atoms with van der Waals surface area (Å²) in [4.78, 5) is 4.12. The highest BCUT2D eigenvalue weighted by atomic mass is 16.3. The summed E-state index contributed by atoms with van der Waals surface area (Å²) in [5.74, 6) is 0.791. The van der Waals surface area contributed by atoms with Crippen molar-refractivity contribution < 1.29 is 5.11 Å². The van der Waals surface area contributed by atoms with Gasteiger partial charge in [0.2, 0.25) is 0 Å². The van der Waals surface area contributed by atoms with Crippen LogP contribution in [-0.2, 0) is 20.0 Å². The van der Waals surface area contributed by atoms with Gasteiger partial charge >= 0.3 is 0 Å². The third kappa shape index (κ3) is 2.11. The number of aryl methyl sites for hydroxylation is 2. The summed E-state index contributed by atoms with van der Waals surface area (Å²) in [6, 6.07) is 0. The fourth-order valence-electron chi connectivity index (χ4n) is 1.61. The second kappa shape index (κ2) is 4.44. The van der Waals surface area contributed by atoms with Gasteiger partial charge < -0.3 is 5.11 Å². The Balaban J connectivity index is 2.10. The SMILES string of the molecule is CCn1ncnc1CC(O)c1cnn(C)c1. The molecule has 1 N–H and O–H groups in total. The first-order valence-electron chi connectivity index (χ1n) is 5.24. The lowest BCUT2D eigenvalue weighted by atomic mass is 10.1. The highest BCUT2D eigenvalue weighted by Gasteiger charge is 2.13. The van der Waals surface area contributed by atoms with Crippen molar-refractivity contribution in [3.8, 4) is 0 Å². The van der Waals surface area contributed by atoms with Gasteiger partial charge in [0.25, 0.3) is 0 Å². The number of aliphatic hydroxyl groups is 1. The molecule has 0 bridgehead atoms. The Morgan fingerprint density at radius 3 is 2.88 bits per heavy atom. The second-order valence-electron chi connectivity index (χ2n) is 3.66. The quantitative estimate of drug-likeness (QED) is 0.806. The summed E-state index contributed by atoms with van der Waals surface area (Å²) < 4.78 is 3.45. The fraction of sp³-hybridized carbons (Fsp3) is 0.500. The van der Waals surface area contributed by atoms with Gasteiger partial charge in [0.1, 0.15) is 12.2 Å². The van der Waals surface area contributed by atoms with Crippen LogP contribution in [0.5, 0.6) is 0 Å². The zero-order valence-corrected chi connectivity index (χ0v) is 9.41. The third-order valence-corrected chi connectivity index (χ3v) is 2.48. The number of hydrogen-bond acceptors (Lipinski definition) is 4. The average molecular weight is 221 g/mol. The molecule has 0 amide bonds. The van der Waals surface area contributed by atoms with Gasteiger partial charge in [-0.3, -0.25) is 9.36 Å². The van der Waals surface area contributed by atoms with Crippen LogP contribution in [0.25, 0.3) is 0 Å². The van der Waals surface area contributed by atoms with Crippen molar-refractivity contribution in [2.45, 2.75) is 26.0 Å². The minimum atomic E-state index is -0.580. The van der Waals surface area contributed by atoms with Gasteiger partial charge in [-0.25, -0.2) is 4.98 Å². The first-order valence-corrected chi connectivity index (χ1v) is 5.24. The highest BCUT2D eigenvalue weighted by Crippen LogP contribution is 2.15. The van der Waals surface area contributed by atoms with Crippen LogP contribution >= 0.6 is 0 Å². The molecule has 2 heterocycles. The van der Waals surface area contributed by atoms with E-state index in [2.05, 4.69) is 15.2 Å². The van der Waals surface area contributed by atoms with E-state index in [-0.39, 0.29) is 0 Å². The van der Waals surface area contributed by atoms with Gasteiger partial charge in [-0.05, 0) is 6.92 Å². The number of nitrogens with zero attached hydrogens (tertiary/aromatic N) is 5. The Kier molecular flexibility index (Phi) is 3.00. The van der Waals surface area contributed by atoms with Crippen LogP contribution in [0.1, 0.15) is 24.4 Å². The summed E-state index contributed by atoms with van der Waals surface area (Å²) >= 11 is 0. The maximum Gasteiger partial charge on any atom is 0.138 e. The first kappa shape index (κ1) is 10.8. The lowest BCUT2D eigenvalue weighted by molar-refractivity contribution is 0.174. The number of rotatable bonds is 4. The van der Waals surface area contributed by atoms with E-state index in [0.29, 0.717) is 6.42 Å². The molecule has 1 unspecified atom stereocenters. The topological polar surface area (TPSA) is 68.8 Å². The van der Waals surface area contributed by atoms with E-state index < -0.39 is 6.10 Å². The van der Waals surface area contributed by atoms with Gasteiger partial charge in [0.15, 0.2) is 0 Å². The van der Waals surface area contributed by atoms with Crippen molar-refractivity contribution in [1.82, 2.24) is 24.5 Å². The second-order valence-corrected chi connectivity index (χ2v) is 3.66. The van der Waals surface area contributed by atoms with Crippen molar-refractivity contribution in [2.24, 2.45) is 7.05 Å². The van der Waals surface area contributed by atoms with Gasteiger partial charge in [0, 0.05) is 31.8 Å². The maximum absolute atomic E-state index is 9.99. The largest absolute Gasteiger partial charge is 0.388 e. The Labute approximate surface area is 93.5 Å². The molecule has 0 fully saturated rings. The monoisotopic (exact) mass is 221 g/mol. The predicted molar refractivity (Wildman–Crippen MR) is 57.6 cm³/mol.